The van der Waals surface area contributed by atoms with Crippen molar-refractivity contribution in [3.05, 3.63) is 35.1 Å². The van der Waals surface area contributed by atoms with Crippen LogP contribution in [-0.2, 0) is 0 Å². The Hall–Kier alpha value is -1.51. The van der Waals surface area contributed by atoms with E-state index in [1.165, 1.54) is 18.2 Å². The summed E-state index contributed by atoms with van der Waals surface area (Å²) in [5, 5.41) is 11.6. The van der Waals surface area contributed by atoms with Crippen LogP contribution in [0.15, 0.2) is 18.2 Å². The molecule has 0 aliphatic carbocycles. The topological polar surface area (TPSA) is 49.3 Å². The Kier molecular flexibility index (Phi) is 7.13. The minimum absolute atomic E-state index is 0.0411. The Morgan fingerprint density at radius 1 is 1.55 bits per heavy atom. The summed E-state index contributed by atoms with van der Waals surface area (Å²) < 4.78 is 13.3. The highest BCUT2D eigenvalue weighted by atomic mass is 32.2. The molecule has 0 fully saturated rings. The Morgan fingerprint density at radius 3 is 2.90 bits per heavy atom. The molecular formula is C15H18FNO2S. The van der Waals surface area contributed by atoms with Crippen molar-refractivity contribution >= 4 is 17.7 Å². The molecule has 0 heterocycles. The Bertz CT molecular complexity index is 522. The second-order valence-corrected chi connectivity index (χ2v) is 5.09. The summed E-state index contributed by atoms with van der Waals surface area (Å²) in [7, 11) is 0. The van der Waals surface area contributed by atoms with Crippen LogP contribution in [0.25, 0.3) is 0 Å². The minimum atomic E-state index is -0.484. The molecule has 108 valence electrons. The Morgan fingerprint density at radius 2 is 2.30 bits per heavy atom. The number of rotatable bonds is 5. The third kappa shape index (κ3) is 4.87. The lowest BCUT2D eigenvalue weighted by molar-refractivity contribution is 0.0939. The largest absolute Gasteiger partial charge is 0.384 e. The third-order valence-electron chi connectivity index (χ3n) is 2.72. The van der Waals surface area contributed by atoms with Crippen LogP contribution in [-0.4, -0.2) is 35.7 Å². The number of hydrogen-bond donors (Lipinski definition) is 2. The second-order valence-electron chi connectivity index (χ2n) is 4.18. The summed E-state index contributed by atoms with van der Waals surface area (Å²) >= 11 is 1.64. The molecule has 0 radical (unpaired) electrons. The van der Waals surface area contributed by atoms with Crippen LogP contribution in [0.4, 0.5) is 4.39 Å². The summed E-state index contributed by atoms with van der Waals surface area (Å²) in [5.74, 6) is 5.11. The molecule has 1 rings (SSSR count). The number of aliphatic hydroxyl groups excluding tert-OH is 1. The molecule has 2 N–H and O–H groups in total. The molecule has 1 amide bonds. The molecule has 0 spiro atoms. The van der Waals surface area contributed by atoms with Crippen LogP contribution in [0.2, 0.25) is 0 Å². The number of aliphatic hydroxyl groups is 1. The standard InChI is InChI=1S/C15H18FNO2S/c1-3-13(10-20-2)17-15(19)14-9-12(16)7-6-11(14)5-4-8-18/h6-7,9,13,18H,3,8,10H2,1-2H3,(H,17,19). The lowest BCUT2D eigenvalue weighted by Crippen LogP contribution is -2.36. The number of amides is 1. The van der Waals surface area contributed by atoms with Gasteiger partial charge in [-0.1, -0.05) is 18.8 Å². The zero-order valence-corrected chi connectivity index (χ0v) is 12.4. The van der Waals surface area contributed by atoms with Gasteiger partial charge in [-0.2, -0.15) is 11.8 Å². The highest BCUT2D eigenvalue weighted by Gasteiger charge is 2.15. The van der Waals surface area contributed by atoms with Crippen molar-refractivity contribution in [1.82, 2.24) is 5.32 Å². The smallest absolute Gasteiger partial charge is 0.252 e. The predicted octanol–water partition coefficient (Wildman–Crippen LogP) is 2.04. The number of carbonyl (C=O) groups is 1. The maximum atomic E-state index is 13.3. The first-order chi connectivity index (χ1) is 9.62. The highest BCUT2D eigenvalue weighted by molar-refractivity contribution is 7.98. The number of thioether (sulfide) groups is 1. The van der Waals surface area contributed by atoms with Gasteiger partial charge in [-0.3, -0.25) is 4.79 Å². The van der Waals surface area contributed by atoms with Gasteiger partial charge in [0.1, 0.15) is 12.4 Å². The number of benzene rings is 1. The van der Waals surface area contributed by atoms with E-state index in [-0.39, 0.29) is 24.1 Å². The first kappa shape index (κ1) is 16.5. The van der Waals surface area contributed by atoms with Crippen molar-refractivity contribution in [3.8, 4) is 11.8 Å². The SMILES string of the molecule is CCC(CSC)NC(=O)c1cc(F)ccc1C#CCO. The molecule has 5 heteroatoms. The molecule has 0 aliphatic rings. The van der Waals surface area contributed by atoms with E-state index in [1.807, 2.05) is 13.2 Å². The first-order valence-corrected chi connectivity index (χ1v) is 7.70. The van der Waals surface area contributed by atoms with Gasteiger partial charge < -0.3 is 10.4 Å². The molecule has 0 bridgehead atoms. The maximum Gasteiger partial charge on any atom is 0.252 e. The van der Waals surface area contributed by atoms with Crippen LogP contribution in [0, 0.1) is 17.7 Å². The van der Waals surface area contributed by atoms with Gasteiger partial charge >= 0.3 is 0 Å². The minimum Gasteiger partial charge on any atom is -0.384 e. The van der Waals surface area contributed by atoms with Gasteiger partial charge in [0.05, 0.1) is 5.56 Å². The molecule has 1 atom stereocenters. The average Bonchev–Trinajstić information content (AvgIpc) is 2.45. The van der Waals surface area contributed by atoms with Gasteiger partial charge in [-0.25, -0.2) is 4.39 Å². The summed E-state index contributed by atoms with van der Waals surface area (Å²) in [6, 6.07) is 3.90. The monoisotopic (exact) mass is 295 g/mol. The molecule has 1 unspecified atom stereocenters. The number of halogens is 1. The number of carbonyl (C=O) groups excluding carboxylic acids is 1. The molecule has 20 heavy (non-hydrogen) atoms. The molecule has 1 aromatic carbocycles. The van der Waals surface area contributed by atoms with E-state index < -0.39 is 5.82 Å². The van der Waals surface area contributed by atoms with Crippen LogP contribution in [0.5, 0.6) is 0 Å². The summed E-state index contributed by atoms with van der Waals surface area (Å²) in [6.45, 7) is 1.68. The van der Waals surface area contributed by atoms with E-state index in [0.29, 0.717) is 5.56 Å². The molecule has 0 saturated heterocycles. The van der Waals surface area contributed by atoms with Crippen LogP contribution < -0.4 is 5.32 Å². The zero-order chi connectivity index (χ0) is 15.0. The van der Waals surface area contributed by atoms with Gasteiger partial charge in [0, 0.05) is 17.4 Å². The van der Waals surface area contributed by atoms with Gasteiger partial charge in [-0.15, -0.1) is 0 Å². The van der Waals surface area contributed by atoms with Crippen LogP contribution >= 0.6 is 11.8 Å². The van der Waals surface area contributed by atoms with Gasteiger partial charge in [0.25, 0.3) is 5.91 Å². The lowest BCUT2D eigenvalue weighted by atomic mass is 10.1. The van der Waals surface area contributed by atoms with Crippen molar-refractivity contribution in [2.45, 2.75) is 19.4 Å². The fourth-order valence-electron chi connectivity index (χ4n) is 1.67. The summed E-state index contributed by atoms with van der Waals surface area (Å²) in [4.78, 5) is 12.2. The van der Waals surface area contributed by atoms with E-state index in [9.17, 15) is 9.18 Å². The van der Waals surface area contributed by atoms with Crippen molar-refractivity contribution in [3.63, 3.8) is 0 Å². The predicted molar refractivity (Wildman–Crippen MR) is 80.3 cm³/mol. The van der Waals surface area contributed by atoms with Crippen molar-refractivity contribution < 1.29 is 14.3 Å². The van der Waals surface area contributed by atoms with Crippen molar-refractivity contribution in [2.75, 3.05) is 18.6 Å². The molecular weight excluding hydrogens is 277 g/mol. The van der Waals surface area contributed by atoms with Crippen molar-refractivity contribution in [1.29, 1.82) is 0 Å². The first-order valence-electron chi connectivity index (χ1n) is 6.31. The molecule has 0 aromatic heterocycles. The van der Waals surface area contributed by atoms with E-state index in [4.69, 9.17) is 5.11 Å². The molecule has 1 aromatic rings. The second kappa shape index (κ2) is 8.62. The number of nitrogens with one attached hydrogen (secondary N) is 1. The van der Waals surface area contributed by atoms with E-state index >= 15 is 0 Å². The maximum absolute atomic E-state index is 13.3. The van der Waals surface area contributed by atoms with Gasteiger partial charge in [0.2, 0.25) is 0 Å². The fraction of sp³-hybridized carbons (Fsp3) is 0.400. The average molecular weight is 295 g/mol. The lowest BCUT2D eigenvalue weighted by Gasteiger charge is -2.16. The quantitative estimate of drug-likeness (QED) is 0.817. The van der Waals surface area contributed by atoms with Crippen molar-refractivity contribution in [2.24, 2.45) is 0 Å². The zero-order valence-electron chi connectivity index (χ0n) is 11.6. The van der Waals surface area contributed by atoms with Crippen LogP contribution in [0.1, 0.15) is 29.3 Å². The fourth-order valence-corrected chi connectivity index (χ4v) is 2.40. The molecule has 3 nitrogen and oxygen atoms in total. The van der Waals surface area contributed by atoms with E-state index in [0.717, 1.165) is 12.2 Å². The summed E-state index contributed by atoms with van der Waals surface area (Å²) in [6.07, 6.45) is 2.77. The van der Waals surface area contributed by atoms with Crippen LogP contribution in [0.3, 0.4) is 0 Å². The molecule has 0 aliphatic heterocycles. The summed E-state index contributed by atoms with van der Waals surface area (Å²) in [5.41, 5.74) is 0.613. The Balaban J connectivity index is 2.98. The molecule has 0 saturated carbocycles. The number of hydrogen-bond acceptors (Lipinski definition) is 3. The van der Waals surface area contributed by atoms with Gasteiger partial charge in [0.15, 0.2) is 0 Å². The Labute approximate surface area is 123 Å². The third-order valence-corrected chi connectivity index (χ3v) is 3.46. The van der Waals surface area contributed by atoms with Gasteiger partial charge in [-0.05, 0) is 30.9 Å². The van der Waals surface area contributed by atoms with E-state index in [2.05, 4.69) is 17.2 Å². The normalized spacial score (nSPS) is 11.4. The highest BCUT2D eigenvalue weighted by Crippen LogP contribution is 2.12. The van der Waals surface area contributed by atoms with E-state index in [1.54, 1.807) is 11.8 Å².